The van der Waals surface area contributed by atoms with Crippen LogP contribution in [0.1, 0.15) is 30.4 Å². The van der Waals surface area contributed by atoms with Crippen LogP contribution in [0.3, 0.4) is 0 Å². The highest BCUT2D eigenvalue weighted by molar-refractivity contribution is 5.91. The largest absolute Gasteiger partial charge is 0.355 e. The first kappa shape index (κ1) is 15.8. The number of pyridine rings is 1. The Morgan fingerprint density at radius 2 is 1.96 bits per heavy atom. The second-order valence-electron chi connectivity index (χ2n) is 6.90. The summed E-state index contributed by atoms with van der Waals surface area (Å²) in [6.07, 6.45) is 6.58. The molecule has 5 nitrogen and oxygen atoms in total. The molecular weight excluding hydrogens is 314 g/mol. The number of benzene rings is 1. The standard InChI is InChI=1S/C20H21N3O2/c24-18(23-15-6-10-21-11-7-15)8-12-22-19(25)17-13-20(17)9-5-14-3-1-2-4-16(14)20/h1-4,6-7,10-11,17H,5,8-9,12-13H2,(H,22,25)(H,21,23,24). The molecule has 2 aliphatic carbocycles. The molecule has 1 fully saturated rings. The normalized spacial score (nSPS) is 23.1. The second-order valence-corrected chi connectivity index (χ2v) is 6.90. The van der Waals surface area contributed by atoms with E-state index in [-0.39, 0.29) is 29.6 Å². The number of carbonyl (C=O) groups is 2. The zero-order valence-corrected chi connectivity index (χ0v) is 14.0. The van der Waals surface area contributed by atoms with Crippen LogP contribution in [0.25, 0.3) is 0 Å². The topological polar surface area (TPSA) is 71.1 Å². The van der Waals surface area contributed by atoms with Gasteiger partial charge in [-0.1, -0.05) is 24.3 Å². The molecule has 2 aliphatic rings. The van der Waals surface area contributed by atoms with Crippen molar-refractivity contribution >= 4 is 17.5 Å². The van der Waals surface area contributed by atoms with Crippen LogP contribution in [0.2, 0.25) is 0 Å². The van der Waals surface area contributed by atoms with Crippen LogP contribution in [-0.2, 0) is 21.4 Å². The summed E-state index contributed by atoms with van der Waals surface area (Å²) in [6, 6.07) is 11.9. The van der Waals surface area contributed by atoms with Gasteiger partial charge in [-0.25, -0.2) is 0 Å². The van der Waals surface area contributed by atoms with Crippen LogP contribution in [-0.4, -0.2) is 23.3 Å². The molecular formula is C20H21N3O2. The molecule has 25 heavy (non-hydrogen) atoms. The number of carbonyl (C=O) groups excluding carboxylic acids is 2. The van der Waals surface area contributed by atoms with Crippen molar-refractivity contribution in [3.05, 3.63) is 59.9 Å². The zero-order chi connectivity index (χ0) is 17.3. The molecule has 0 bridgehead atoms. The fourth-order valence-electron chi connectivity index (χ4n) is 4.02. The summed E-state index contributed by atoms with van der Waals surface area (Å²) in [7, 11) is 0. The van der Waals surface area contributed by atoms with Crippen LogP contribution in [0, 0.1) is 5.92 Å². The summed E-state index contributed by atoms with van der Waals surface area (Å²) in [6.45, 7) is 0.365. The summed E-state index contributed by atoms with van der Waals surface area (Å²) in [4.78, 5) is 28.3. The van der Waals surface area contributed by atoms with E-state index >= 15 is 0 Å². The van der Waals surface area contributed by atoms with E-state index in [0.717, 1.165) is 24.9 Å². The molecule has 2 unspecified atom stereocenters. The van der Waals surface area contributed by atoms with Gasteiger partial charge in [0.05, 0.1) is 0 Å². The summed E-state index contributed by atoms with van der Waals surface area (Å²) < 4.78 is 0. The molecule has 0 aliphatic heterocycles. The number of anilines is 1. The fourth-order valence-corrected chi connectivity index (χ4v) is 4.02. The minimum Gasteiger partial charge on any atom is -0.355 e. The van der Waals surface area contributed by atoms with Gasteiger partial charge in [-0.15, -0.1) is 0 Å². The van der Waals surface area contributed by atoms with Gasteiger partial charge in [0, 0.05) is 42.4 Å². The molecule has 2 atom stereocenters. The maximum atomic E-state index is 12.5. The molecule has 0 saturated heterocycles. The van der Waals surface area contributed by atoms with Gasteiger partial charge in [-0.3, -0.25) is 14.6 Å². The predicted octanol–water partition coefficient (Wildman–Crippen LogP) is 2.43. The van der Waals surface area contributed by atoms with Crippen LogP contribution < -0.4 is 10.6 Å². The Bertz CT molecular complexity index is 806. The van der Waals surface area contributed by atoms with E-state index in [4.69, 9.17) is 0 Å². The molecule has 1 saturated carbocycles. The van der Waals surface area contributed by atoms with Crippen LogP contribution >= 0.6 is 0 Å². The first-order chi connectivity index (χ1) is 12.2. The lowest BCUT2D eigenvalue weighted by Gasteiger charge is -2.12. The third-order valence-corrected chi connectivity index (χ3v) is 5.40. The number of hydrogen-bond acceptors (Lipinski definition) is 3. The number of hydrogen-bond donors (Lipinski definition) is 2. The van der Waals surface area contributed by atoms with Crippen molar-refractivity contribution in [1.82, 2.24) is 10.3 Å². The van der Waals surface area contributed by atoms with Gasteiger partial charge < -0.3 is 10.6 Å². The van der Waals surface area contributed by atoms with Crippen LogP contribution in [0.15, 0.2) is 48.8 Å². The lowest BCUT2D eigenvalue weighted by atomic mass is 9.95. The van der Waals surface area contributed by atoms with Gasteiger partial charge in [0.25, 0.3) is 0 Å². The smallest absolute Gasteiger partial charge is 0.226 e. The van der Waals surface area contributed by atoms with Crippen molar-refractivity contribution in [2.75, 3.05) is 11.9 Å². The van der Waals surface area contributed by atoms with Gasteiger partial charge in [-0.05, 0) is 42.5 Å². The number of amides is 2. The van der Waals surface area contributed by atoms with E-state index in [9.17, 15) is 9.59 Å². The molecule has 1 spiro atoms. The Morgan fingerprint density at radius 1 is 1.16 bits per heavy atom. The third kappa shape index (κ3) is 3.02. The van der Waals surface area contributed by atoms with Crippen molar-refractivity contribution in [2.45, 2.75) is 31.1 Å². The van der Waals surface area contributed by atoms with Gasteiger partial charge in [-0.2, -0.15) is 0 Å². The predicted molar refractivity (Wildman–Crippen MR) is 95.0 cm³/mol. The van der Waals surface area contributed by atoms with Crippen molar-refractivity contribution in [3.63, 3.8) is 0 Å². The summed E-state index contributed by atoms with van der Waals surface area (Å²) in [5.74, 6) is 0.0241. The summed E-state index contributed by atoms with van der Waals surface area (Å²) >= 11 is 0. The fraction of sp³-hybridized carbons (Fsp3) is 0.350. The number of nitrogens with zero attached hydrogens (tertiary/aromatic N) is 1. The number of aryl methyl sites for hydroxylation is 1. The highest BCUT2D eigenvalue weighted by atomic mass is 16.2. The summed E-state index contributed by atoms with van der Waals surface area (Å²) in [5, 5.41) is 5.72. The molecule has 128 valence electrons. The first-order valence-corrected chi connectivity index (χ1v) is 8.75. The van der Waals surface area contributed by atoms with Crippen molar-refractivity contribution in [3.8, 4) is 0 Å². The number of aromatic nitrogens is 1. The molecule has 5 heteroatoms. The number of nitrogens with one attached hydrogen (secondary N) is 2. The average Bonchev–Trinajstić information content (AvgIpc) is 3.25. The second kappa shape index (κ2) is 6.31. The third-order valence-electron chi connectivity index (χ3n) is 5.40. The molecule has 1 aromatic heterocycles. The van der Waals surface area contributed by atoms with Crippen molar-refractivity contribution in [1.29, 1.82) is 0 Å². The van der Waals surface area contributed by atoms with Crippen molar-refractivity contribution in [2.24, 2.45) is 5.92 Å². The van der Waals surface area contributed by atoms with Gasteiger partial charge in [0.15, 0.2) is 0 Å². The van der Waals surface area contributed by atoms with E-state index in [2.05, 4.69) is 39.9 Å². The molecule has 1 aromatic carbocycles. The molecule has 4 rings (SSSR count). The maximum absolute atomic E-state index is 12.5. The Balaban J connectivity index is 1.26. The van der Waals surface area contributed by atoms with Gasteiger partial charge in [0.2, 0.25) is 11.8 Å². The first-order valence-electron chi connectivity index (χ1n) is 8.75. The summed E-state index contributed by atoms with van der Waals surface area (Å²) in [5.41, 5.74) is 3.51. The SMILES string of the molecule is O=C(CCNC(=O)C1CC12CCc1ccccc12)Nc1ccncc1. The lowest BCUT2D eigenvalue weighted by molar-refractivity contribution is -0.122. The van der Waals surface area contributed by atoms with E-state index in [1.807, 2.05) is 0 Å². The van der Waals surface area contributed by atoms with E-state index in [1.54, 1.807) is 24.5 Å². The average molecular weight is 335 g/mol. The van der Waals surface area contributed by atoms with Crippen LogP contribution in [0.5, 0.6) is 0 Å². The highest BCUT2D eigenvalue weighted by Gasteiger charge is 2.61. The van der Waals surface area contributed by atoms with Crippen molar-refractivity contribution < 1.29 is 9.59 Å². The zero-order valence-electron chi connectivity index (χ0n) is 14.0. The lowest BCUT2D eigenvalue weighted by Crippen LogP contribution is -2.31. The Hall–Kier alpha value is -2.69. The quantitative estimate of drug-likeness (QED) is 0.881. The Kier molecular flexibility index (Phi) is 3.99. The molecule has 0 radical (unpaired) electrons. The minimum absolute atomic E-state index is 0.0550. The monoisotopic (exact) mass is 335 g/mol. The highest BCUT2D eigenvalue weighted by Crippen LogP contribution is 2.61. The Labute approximate surface area is 146 Å². The molecule has 1 heterocycles. The Morgan fingerprint density at radius 3 is 2.80 bits per heavy atom. The molecule has 2 aromatic rings. The molecule has 2 amide bonds. The molecule has 2 N–H and O–H groups in total. The van der Waals surface area contributed by atoms with Crippen LogP contribution in [0.4, 0.5) is 5.69 Å². The number of fused-ring (bicyclic) bond motifs is 2. The maximum Gasteiger partial charge on any atom is 0.226 e. The van der Waals surface area contributed by atoms with Gasteiger partial charge >= 0.3 is 0 Å². The van der Waals surface area contributed by atoms with Gasteiger partial charge in [0.1, 0.15) is 0 Å². The number of rotatable bonds is 5. The van der Waals surface area contributed by atoms with E-state index in [0.29, 0.717) is 6.54 Å². The minimum atomic E-state index is -0.108. The van der Waals surface area contributed by atoms with E-state index in [1.165, 1.54) is 11.1 Å². The van der Waals surface area contributed by atoms with E-state index < -0.39 is 0 Å².